The lowest BCUT2D eigenvalue weighted by molar-refractivity contribution is 0.364. The number of rotatable bonds is 2. The molecule has 1 saturated carbocycles. The Morgan fingerprint density at radius 2 is 2.11 bits per heavy atom. The van der Waals surface area contributed by atoms with Crippen LogP contribution in [0.4, 0.5) is 5.82 Å². The first-order valence-corrected chi connectivity index (χ1v) is 6.57. The highest BCUT2D eigenvalue weighted by molar-refractivity contribution is 6.03. The molecule has 0 saturated heterocycles. The molecule has 2 aromatic rings. The van der Waals surface area contributed by atoms with E-state index >= 15 is 0 Å². The molecule has 0 amide bonds. The zero-order valence-electron chi connectivity index (χ0n) is 10.4. The number of hydrogen-bond acceptors (Lipinski definition) is 3. The molecule has 0 bridgehead atoms. The van der Waals surface area contributed by atoms with Gasteiger partial charge in [0.2, 0.25) is 0 Å². The number of nitrogens with two attached hydrogens (primary N) is 1. The lowest BCUT2D eigenvalue weighted by Crippen LogP contribution is -2.15. The molecule has 1 aliphatic rings. The van der Waals surface area contributed by atoms with Crippen LogP contribution in [-0.2, 0) is 0 Å². The minimum atomic E-state index is 0.471. The van der Waals surface area contributed by atoms with E-state index in [4.69, 9.17) is 11.1 Å². The Morgan fingerprint density at radius 1 is 1.33 bits per heavy atom. The Balaban J connectivity index is 2.21. The van der Waals surface area contributed by atoms with Crippen molar-refractivity contribution in [2.45, 2.75) is 38.1 Å². The topological polar surface area (TPSA) is 67.7 Å². The summed E-state index contributed by atoms with van der Waals surface area (Å²) < 4.78 is 2.20. The van der Waals surface area contributed by atoms with E-state index in [9.17, 15) is 0 Å². The maximum atomic E-state index is 7.56. The van der Waals surface area contributed by atoms with Gasteiger partial charge in [-0.1, -0.05) is 19.3 Å². The Labute approximate surface area is 106 Å². The summed E-state index contributed by atoms with van der Waals surface area (Å²) in [5, 5.41) is 8.60. The smallest absolute Gasteiger partial charge is 0.113 e. The monoisotopic (exact) mass is 242 g/mol. The molecular formula is C14H18N4. The van der Waals surface area contributed by atoms with Crippen molar-refractivity contribution in [3.63, 3.8) is 0 Å². The number of aromatic nitrogens is 2. The highest BCUT2D eigenvalue weighted by Gasteiger charge is 2.21. The molecule has 0 atom stereocenters. The average molecular weight is 242 g/mol. The highest BCUT2D eigenvalue weighted by atomic mass is 15.1. The lowest BCUT2D eigenvalue weighted by Gasteiger charge is -2.25. The molecule has 2 heterocycles. The van der Waals surface area contributed by atoms with Gasteiger partial charge in [-0.05, 0) is 18.9 Å². The minimum Gasteiger partial charge on any atom is -0.385 e. The summed E-state index contributed by atoms with van der Waals surface area (Å²) >= 11 is 0. The summed E-state index contributed by atoms with van der Waals surface area (Å²) in [6.07, 6.45) is 11.2. The molecule has 4 heteroatoms. The van der Waals surface area contributed by atoms with E-state index in [1.807, 2.05) is 12.3 Å². The predicted molar refractivity (Wildman–Crippen MR) is 74.2 cm³/mol. The van der Waals surface area contributed by atoms with Crippen molar-refractivity contribution in [1.29, 1.82) is 5.41 Å². The Hall–Kier alpha value is -1.84. The van der Waals surface area contributed by atoms with Crippen LogP contribution in [0.3, 0.4) is 0 Å². The SMILES string of the molecule is N=Cc1c(N)n(C2CCCCC2)c2cnccc12. The number of hydrogen-bond donors (Lipinski definition) is 2. The fourth-order valence-electron chi connectivity index (χ4n) is 3.09. The van der Waals surface area contributed by atoms with Crippen molar-refractivity contribution in [3.05, 3.63) is 24.0 Å². The maximum Gasteiger partial charge on any atom is 0.113 e. The molecule has 18 heavy (non-hydrogen) atoms. The van der Waals surface area contributed by atoms with E-state index in [1.54, 1.807) is 6.20 Å². The van der Waals surface area contributed by atoms with Crippen LogP contribution in [0.15, 0.2) is 18.5 Å². The maximum absolute atomic E-state index is 7.56. The zero-order chi connectivity index (χ0) is 12.5. The number of fused-ring (bicyclic) bond motifs is 1. The fourth-order valence-corrected chi connectivity index (χ4v) is 3.09. The highest BCUT2D eigenvalue weighted by Crippen LogP contribution is 2.36. The van der Waals surface area contributed by atoms with Gasteiger partial charge in [0.05, 0.1) is 11.7 Å². The number of nitrogens with one attached hydrogen (secondary N) is 1. The summed E-state index contributed by atoms with van der Waals surface area (Å²) in [6, 6.07) is 2.42. The molecule has 3 rings (SSSR count). The molecule has 4 nitrogen and oxygen atoms in total. The van der Waals surface area contributed by atoms with E-state index in [0.29, 0.717) is 6.04 Å². The van der Waals surface area contributed by atoms with Crippen molar-refractivity contribution in [2.24, 2.45) is 0 Å². The van der Waals surface area contributed by atoms with E-state index in [2.05, 4.69) is 9.55 Å². The predicted octanol–water partition coefficient (Wildman–Crippen LogP) is 3.12. The van der Waals surface area contributed by atoms with Gasteiger partial charge in [-0.15, -0.1) is 0 Å². The van der Waals surface area contributed by atoms with Gasteiger partial charge < -0.3 is 15.7 Å². The number of anilines is 1. The molecule has 1 fully saturated rings. The standard InChI is InChI=1S/C14H18N4/c15-8-12-11-6-7-17-9-13(11)18(14(12)16)10-4-2-1-3-5-10/h6-10,15H,1-5,16H2. The van der Waals surface area contributed by atoms with Gasteiger partial charge in [-0.3, -0.25) is 4.98 Å². The van der Waals surface area contributed by atoms with Crippen molar-refractivity contribution in [1.82, 2.24) is 9.55 Å². The minimum absolute atomic E-state index is 0.471. The van der Waals surface area contributed by atoms with Crippen LogP contribution < -0.4 is 5.73 Å². The van der Waals surface area contributed by atoms with Crippen LogP contribution in [0.2, 0.25) is 0 Å². The molecule has 94 valence electrons. The molecule has 0 aliphatic heterocycles. The van der Waals surface area contributed by atoms with Gasteiger partial charge in [0.25, 0.3) is 0 Å². The van der Waals surface area contributed by atoms with Crippen LogP contribution in [-0.4, -0.2) is 15.8 Å². The van der Waals surface area contributed by atoms with E-state index in [1.165, 1.54) is 38.3 Å². The van der Waals surface area contributed by atoms with Crippen LogP contribution in [0.25, 0.3) is 10.9 Å². The third-order valence-corrected chi connectivity index (χ3v) is 3.97. The van der Waals surface area contributed by atoms with Gasteiger partial charge in [0.15, 0.2) is 0 Å². The molecule has 0 aromatic carbocycles. The summed E-state index contributed by atoms with van der Waals surface area (Å²) in [7, 11) is 0. The van der Waals surface area contributed by atoms with Crippen molar-refractivity contribution in [3.8, 4) is 0 Å². The summed E-state index contributed by atoms with van der Waals surface area (Å²) in [4.78, 5) is 4.21. The van der Waals surface area contributed by atoms with Gasteiger partial charge in [0, 0.05) is 29.4 Å². The van der Waals surface area contributed by atoms with E-state index in [-0.39, 0.29) is 0 Å². The Kier molecular flexibility index (Phi) is 2.78. The summed E-state index contributed by atoms with van der Waals surface area (Å²) in [5.41, 5.74) is 8.14. The van der Waals surface area contributed by atoms with Crippen LogP contribution >= 0.6 is 0 Å². The van der Waals surface area contributed by atoms with E-state index in [0.717, 1.165) is 22.3 Å². The first-order valence-electron chi connectivity index (χ1n) is 6.57. The number of nitrogen functional groups attached to an aromatic ring is 1. The second kappa shape index (κ2) is 4.44. The van der Waals surface area contributed by atoms with Gasteiger partial charge >= 0.3 is 0 Å². The Morgan fingerprint density at radius 3 is 2.83 bits per heavy atom. The molecule has 0 unspecified atom stereocenters. The third kappa shape index (κ3) is 1.60. The zero-order valence-corrected chi connectivity index (χ0v) is 10.4. The van der Waals surface area contributed by atoms with Crippen molar-refractivity contribution in [2.75, 3.05) is 5.73 Å². The van der Waals surface area contributed by atoms with Crippen molar-refractivity contribution >= 4 is 22.9 Å². The molecule has 1 aliphatic carbocycles. The average Bonchev–Trinajstić information content (AvgIpc) is 2.71. The number of pyridine rings is 1. The van der Waals surface area contributed by atoms with Gasteiger partial charge in [0.1, 0.15) is 5.82 Å². The molecule has 3 N–H and O–H groups in total. The quantitative estimate of drug-likeness (QED) is 0.794. The second-order valence-electron chi connectivity index (χ2n) is 5.00. The first kappa shape index (κ1) is 11.3. The van der Waals surface area contributed by atoms with Crippen molar-refractivity contribution < 1.29 is 0 Å². The van der Waals surface area contributed by atoms with Gasteiger partial charge in [-0.25, -0.2) is 0 Å². The fraction of sp³-hybridized carbons (Fsp3) is 0.429. The number of nitrogens with zero attached hydrogens (tertiary/aromatic N) is 2. The van der Waals surface area contributed by atoms with Crippen LogP contribution in [0, 0.1) is 5.41 Å². The third-order valence-electron chi connectivity index (χ3n) is 3.97. The first-order chi connectivity index (χ1) is 8.83. The molecule has 2 aromatic heterocycles. The largest absolute Gasteiger partial charge is 0.385 e. The van der Waals surface area contributed by atoms with E-state index < -0.39 is 0 Å². The Bertz CT molecular complexity index is 579. The second-order valence-corrected chi connectivity index (χ2v) is 5.00. The van der Waals surface area contributed by atoms with Gasteiger partial charge in [-0.2, -0.15) is 0 Å². The molecular weight excluding hydrogens is 224 g/mol. The molecule has 0 radical (unpaired) electrons. The normalized spacial score (nSPS) is 17.1. The molecule has 0 spiro atoms. The van der Waals surface area contributed by atoms with Crippen LogP contribution in [0.5, 0.6) is 0 Å². The summed E-state index contributed by atoms with van der Waals surface area (Å²) in [5.74, 6) is 0.722. The van der Waals surface area contributed by atoms with Crippen LogP contribution in [0.1, 0.15) is 43.7 Å². The lowest BCUT2D eigenvalue weighted by atomic mass is 9.95. The summed E-state index contributed by atoms with van der Waals surface area (Å²) in [6.45, 7) is 0.